The van der Waals surface area contributed by atoms with E-state index in [1.54, 1.807) is 0 Å². The van der Waals surface area contributed by atoms with Gasteiger partial charge in [0.05, 0.1) is 23.1 Å². The quantitative estimate of drug-likeness (QED) is 0.776. The molecule has 5 nitrogen and oxygen atoms in total. The Hall–Kier alpha value is -1.67. The van der Waals surface area contributed by atoms with Crippen molar-refractivity contribution in [2.75, 3.05) is 38.3 Å². The van der Waals surface area contributed by atoms with Crippen molar-refractivity contribution in [3.63, 3.8) is 0 Å². The van der Waals surface area contributed by atoms with Gasteiger partial charge >= 0.3 is 0 Å². The number of nitrogens with zero attached hydrogens (tertiary/aromatic N) is 2. The Balaban J connectivity index is 1.72. The lowest BCUT2D eigenvalue weighted by Gasteiger charge is -2.29. The number of benzene rings is 2. The van der Waals surface area contributed by atoms with Gasteiger partial charge in [-0.3, -0.25) is 0 Å². The van der Waals surface area contributed by atoms with Gasteiger partial charge in [-0.2, -0.15) is 4.31 Å². The lowest BCUT2D eigenvalue weighted by Crippen LogP contribution is -2.36. The molecule has 8 heteroatoms. The fraction of sp³-hybridized carbons (Fsp3) is 0.333. The second kappa shape index (κ2) is 7.92. The highest BCUT2D eigenvalue weighted by Gasteiger charge is 2.22. The predicted octanol–water partition coefficient (Wildman–Crippen LogP) is 3.14. The largest absolute Gasteiger partial charge is 0.378 e. The molecule has 1 heterocycles. The van der Waals surface area contributed by atoms with Gasteiger partial charge in [-0.15, -0.1) is 0 Å². The molecular weight excluding hydrogens is 379 g/mol. The molecule has 0 radical (unpaired) electrons. The van der Waals surface area contributed by atoms with Crippen molar-refractivity contribution in [2.45, 2.75) is 11.4 Å². The van der Waals surface area contributed by atoms with E-state index >= 15 is 0 Å². The zero-order chi connectivity index (χ0) is 18.7. The lowest BCUT2D eigenvalue weighted by atomic mass is 10.2. The molecule has 0 N–H and O–H groups in total. The summed E-state index contributed by atoms with van der Waals surface area (Å²) in [7, 11) is -2.26. The summed E-state index contributed by atoms with van der Waals surface area (Å²) < 4.78 is 45.1. The zero-order valence-corrected chi connectivity index (χ0v) is 15.9. The van der Waals surface area contributed by atoms with Gasteiger partial charge in [-0.25, -0.2) is 12.8 Å². The molecule has 0 spiro atoms. The van der Waals surface area contributed by atoms with Crippen LogP contribution in [0.2, 0.25) is 5.02 Å². The van der Waals surface area contributed by atoms with E-state index in [-0.39, 0.29) is 16.5 Å². The van der Waals surface area contributed by atoms with E-state index in [0.29, 0.717) is 13.2 Å². The summed E-state index contributed by atoms with van der Waals surface area (Å²) in [5, 5.41) is -0.214. The third-order valence-corrected chi connectivity index (χ3v) is 6.41. The minimum absolute atomic E-state index is 0.0312. The van der Waals surface area contributed by atoms with E-state index in [0.717, 1.165) is 36.5 Å². The first kappa shape index (κ1) is 19.1. The van der Waals surface area contributed by atoms with Gasteiger partial charge in [0.2, 0.25) is 10.0 Å². The molecule has 1 aliphatic heterocycles. The molecule has 1 aliphatic rings. The Morgan fingerprint density at radius 1 is 1.15 bits per heavy atom. The topological polar surface area (TPSA) is 49.9 Å². The fourth-order valence-corrected chi connectivity index (χ4v) is 4.22. The van der Waals surface area contributed by atoms with Crippen LogP contribution in [0.3, 0.4) is 0 Å². The molecule has 140 valence electrons. The maximum Gasteiger partial charge on any atom is 0.243 e. The van der Waals surface area contributed by atoms with Crippen molar-refractivity contribution in [3.8, 4) is 0 Å². The Bertz CT molecular complexity index is 869. The maximum atomic E-state index is 13.3. The third kappa shape index (κ3) is 4.17. The normalized spacial score (nSPS) is 15.5. The van der Waals surface area contributed by atoms with E-state index < -0.39 is 15.8 Å². The van der Waals surface area contributed by atoms with E-state index in [2.05, 4.69) is 4.90 Å². The van der Waals surface area contributed by atoms with Gasteiger partial charge < -0.3 is 9.64 Å². The first-order valence-electron chi connectivity index (χ1n) is 8.21. The number of rotatable bonds is 5. The van der Waals surface area contributed by atoms with E-state index in [9.17, 15) is 12.8 Å². The number of hydrogen-bond acceptors (Lipinski definition) is 4. The SMILES string of the molecule is CN(Cc1ccc(N2CCOCC2)cc1)S(=O)(=O)c1ccc(F)c(Cl)c1. The molecule has 0 aromatic heterocycles. The monoisotopic (exact) mass is 398 g/mol. The highest BCUT2D eigenvalue weighted by molar-refractivity contribution is 7.89. The summed E-state index contributed by atoms with van der Waals surface area (Å²) in [6.45, 7) is 3.32. The molecule has 2 aromatic carbocycles. The minimum atomic E-state index is -3.75. The average Bonchev–Trinajstić information content (AvgIpc) is 2.65. The molecule has 2 aromatic rings. The summed E-state index contributed by atoms with van der Waals surface area (Å²) in [4.78, 5) is 2.20. The predicted molar refractivity (Wildman–Crippen MR) is 99.5 cm³/mol. The Kier molecular flexibility index (Phi) is 5.82. The number of anilines is 1. The second-order valence-electron chi connectivity index (χ2n) is 6.10. The number of hydrogen-bond donors (Lipinski definition) is 0. The molecule has 3 rings (SSSR count). The summed E-state index contributed by atoms with van der Waals surface area (Å²) in [6.07, 6.45) is 0. The van der Waals surface area contributed by atoms with Crippen LogP contribution in [-0.2, 0) is 21.3 Å². The van der Waals surface area contributed by atoms with Crippen molar-refractivity contribution >= 4 is 27.3 Å². The van der Waals surface area contributed by atoms with Crippen molar-refractivity contribution in [3.05, 3.63) is 58.9 Å². The van der Waals surface area contributed by atoms with Gasteiger partial charge in [-0.1, -0.05) is 23.7 Å². The summed E-state index contributed by atoms with van der Waals surface area (Å²) in [5.74, 6) is -0.646. The highest BCUT2D eigenvalue weighted by atomic mass is 35.5. The molecular formula is C18H20ClFN2O3S. The molecule has 1 saturated heterocycles. The van der Waals surface area contributed by atoms with Crippen LogP contribution >= 0.6 is 11.6 Å². The minimum Gasteiger partial charge on any atom is -0.378 e. The lowest BCUT2D eigenvalue weighted by molar-refractivity contribution is 0.122. The Morgan fingerprint density at radius 3 is 2.42 bits per heavy atom. The first-order chi connectivity index (χ1) is 12.4. The highest BCUT2D eigenvalue weighted by Crippen LogP contribution is 2.23. The third-order valence-electron chi connectivity index (χ3n) is 4.32. The van der Waals surface area contributed by atoms with E-state index in [1.807, 2.05) is 24.3 Å². The fourth-order valence-electron chi connectivity index (χ4n) is 2.79. The number of sulfonamides is 1. The number of morpholine rings is 1. The van der Waals surface area contributed by atoms with Crippen LogP contribution in [0.1, 0.15) is 5.56 Å². The Labute approximate surface area is 158 Å². The van der Waals surface area contributed by atoms with Gasteiger partial charge in [0, 0.05) is 32.4 Å². The smallest absolute Gasteiger partial charge is 0.243 e. The molecule has 0 amide bonds. The number of halogens is 2. The molecule has 0 unspecified atom stereocenters. The molecule has 0 aliphatic carbocycles. The summed E-state index contributed by atoms with van der Waals surface area (Å²) >= 11 is 5.70. The van der Waals surface area contributed by atoms with E-state index in [4.69, 9.17) is 16.3 Å². The van der Waals surface area contributed by atoms with Crippen molar-refractivity contribution in [1.82, 2.24) is 4.31 Å². The van der Waals surface area contributed by atoms with Crippen molar-refractivity contribution in [1.29, 1.82) is 0 Å². The molecule has 0 saturated carbocycles. The van der Waals surface area contributed by atoms with Crippen LogP contribution in [0.25, 0.3) is 0 Å². The van der Waals surface area contributed by atoms with Gasteiger partial charge in [0.25, 0.3) is 0 Å². The van der Waals surface area contributed by atoms with Crippen LogP contribution < -0.4 is 4.90 Å². The molecule has 0 bridgehead atoms. The average molecular weight is 399 g/mol. The van der Waals surface area contributed by atoms with Crippen molar-refractivity contribution in [2.24, 2.45) is 0 Å². The molecule has 26 heavy (non-hydrogen) atoms. The van der Waals surface area contributed by atoms with Gasteiger partial charge in [-0.05, 0) is 35.9 Å². The maximum absolute atomic E-state index is 13.3. The first-order valence-corrected chi connectivity index (χ1v) is 10.0. The van der Waals surface area contributed by atoms with Crippen LogP contribution in [0.15, 0.2) is 47.4 Å². The Morgan fingerprint density at radius 2 is 1.81 bits per heavy atom. The zero-order valence-electron chi connectivity index (χ0n) is 14.4. The molecule has 1 fully saturated rings. The van der Waals surface area contributed by atoms with Crippen molar-refractivity contribution < 1.29 is 17.5 Å². The molecule has 0 atom stereocenters. The van der Waals surface area contributed by atoms with Gasteiger partial charge in [0.15, 0.2) is 0 Å². The van der Waals surface area contributed by atoms with Gasteiger partial charge in [0.1, 0.15) is 5.82 Å². The van der Waals surface area contributed by atoms with E-state index in [1.165, 1.54) is 17.4 Å². The van der Waals surface area contributed by atoms with Crippen LogP contribution in [0.5, 0.6) is 0 Å². The second-order valence-corrected chi connectivity index (χ2v) is 8.55. The standard InChI is InChI=1S/C18H20ClFN2O3S/c1-21(26(23,24)16-6-7-18(20)17(19)12-16)13-14-2-4-15(5-3-14)22-8-10-25-11-9-22/h2-7,12H,8-11,13H2,1H3. The van der Waals surface area contributed by atoms with Crippen LogP contribution in [0, 0.1) is 5.82 Å². The van der Waals surface area contributed by atoms with Crippen LogP contribution in [-0.4, -0.2) is 46.1 Å². The van der Waals surface area contributed by atoms with Crippen LogP contribution in [0.4, 0.5) is 10.1 Å². The summed E-state index contributed by atoms with van der Waals surface area (Å²) in [6, 6.07) is 11.2. The number of ether oxygens (including phenoxy) is 1. The summed E-state index contributed by atoms with van der Waals surface area (Å²) in [5.41, 5.74) is 1.95.